The molecule has 2 atom stereocenters. The molecule has 1 aromatic rings. The SMILES string of the molecule is CC1(F)C=CC=C(C[C@@H]2CN(Cc3ccccc3)CCN2)C1. The fourth-order valence-corrected chi connectivity index (χ4v) is 3.42. The summed E-state index contributed by atoms with van der Waals surface area (Å²) in [6.07, 6.45) is 7.07. The first-order valence-corrected chi connectivity index (χ1v) is 8.17. The summed E-state index contributed by atoms with van der Waals surface area (Å²) in [6, 6.07) is 11.0. The van der Waals surface area contributed by atoms with Crippen LogP contribution in [0.4, 0.5) is 4.39 Å². The number of allylic oxidation sites excluding steroid dienone is 3. The van der Waals surface area contributed by atoms with Crippen LogP contribution in [-0.2, 0) is 6.54 Å². The molecule has 0 aromatic heterocycles. The molecular formula is C19H25FN2. The van der Waals surface area contributed by atoms with Crippen LogP contribution in [-0.4, -0.2) is 36.2 Å². The van der Waals surface area contributed by atoms with Gasteiger partial charge in [0.1, 0.15) is 5.67 Å². The molecule has 0 radical (unpaired) electrons. The Morgan fingerprint density at radius 1 is 1.32 bits per heavy atom. The van der Waals surface area contributed by atoms with Crippen molar-refractivity contribution in [1.29, 1.82) is 0 Å². The lowest BCUT2D eigenvalue weighted by Crippen LogP contribution is -2.50. The molecule has 2 nitrogen and oxygen atoms in total. The molecule has 1 N–H and O–H groups in total. The van der Waals surface area contributed by atoms with E-state index in [9.17, 15) is 4.39 Å². The Bertz CT molecular complexity index is 548. The predicted molar refractivity (Wildman–Crippen MR) is 89.5 cm³/mol. The maximum atomic E-state index is 14.1. The highest BCUT2D eigenvalue weighted by atomic mass is 19.1. The molecule has 1 aliphatic carbocycles. The minimum absolute atomic E-state index is 0.422. The molecule has 3 rings (SSSR count). The molecule has 0 spiro atoms. The van der Waals surface area contributed by atoms with E-state index in [-0.39, 0.29) is 0 Å². The van der Waals surface area contributed by atoms with Gasteiger partial charge < -0.3 is 5.32 Å². The first-order valence-electron chi connectivity index (χ1n) is 8.17. The van der Waals surface area contributed by atoms with Gasteiger partial charge in [0.15, 0.2) is 0 Å². The molecule has 1 aliphatic heterocycles. The number of rotatable bonds is 4. The molecule has 118 valence electrons. The number of nitrogens with one attached hydrogen (secondary N) is 1. The highest BCUT2D eigenvalue weighted by Crippen LogP contribution is 2.29. The summed E-state index contributed by atoms with van der Waals surface area (Å²) in [5, 5.41) is 3.58. The van der Waals surface area contributed by atoms with Crippen LogP contribution in [0.15, 0.2) is 54.1 Å². The minimum Gasteiger partial charge on any atom is -0.311 e. The van der Waals surface area contributed by atoms with Crippen LogP contribution >= 0.6 is 0 Å². The maximum Gasteiger partial charge on any atom is 0.130 e. The van der Waals surface area contributed by atoms with E-state index in [2.05, 4.69) is 46.6 Å². The molecule has 3 heteroatoms. The van der Waals surface area contributed by atoms with E-state index < -0.39 is 5.67 Å². The molecule has 0 saturated carbocycles. The first kappa shape index (κ1) is 15.4. The van der Waals surface area contributed by atoms with Crippen molar-refractivity contribution in [2.45, 2.75) is 38.0 Å². The first-order chi connectivity index (χ1) is 10.6. The van der Waals surface area contributed by atoms with Crippen molar-refractivity contribution in [1.82, 2.24) is 10.2 Å². The zero-order valence-electron chi connectivity index (χ0n) is 13.3. The van der Waals surface area contributed by atoms with Crippen LogP contribution in [0, 0.1) is 0 Å². The monoisotopic (exact) mass is 300 g/mol. The fourth-order valence-electron chi connectivity index (χ4n) is 3.42. The van der Waals surface area contributed by atoms with Gasteiger partial charge in [0.2, 0.25) is 0 Å². The Morgan fingerprint density at radius 3 is 2.91 bits per heavy atom. The molecule has 0 amide bonds. The Balaban J connectivity index is 1.55. The fraction of sp³-hybridized carbons (Fsp3) is 0.474. The predicted octanol–water partition coefficient (Wildman–Crippen LogP) is 3.47. The van der Waals surface area contributed by atoms with Gasteiger partial charge in [-0.05, 0) is 25.0 Å². The Kier molecular flexibility index (Phi) is 4.74. The van der Waals surface area contributed by atoms with Gasteiger partial charge in [-0.3, -0.25) is 4.90 Å². The number of halogens is 1. The van der Waals surface area contributed by atoms with Gasteiger partial charge >= 0.3 is 0 Å². The second-order valence-corrected chi connectivity index (χ2v) is 6.71. The lowest BCUT2D eigenvalue weighted by Gasteiger charge is -2.35. The molecular weight excluding hydrogens is 275 g/mol. The summed E-state index contributed by atoms with van der Waals surface area (Å²) in [5.41, 5.74) is 1.40. The lowest BCUT2D eigenvalue weighted by molar-refractivity contribution is 0.188. The number of piperazine rings is 1. The van der Waals surface area contributed by atoms with Gasteiger partial charge in [0.25, 0.3) is 0 Å². The number of alkyl halides is 1. The largest absolute Gasteiger partial charge is 0.311 e. The van der Waals surface area contributed by atoms with Gasteiger partial charge in [-0.2, -0.15) is 0 Å². The molecule has 1 heterocycles. The second kappa shape index (κ2) is 6.76. The van der Waals surface area contributed by atoms with Crippen LogP contribution in [0.2, 0.25) is 0 Å². The summed E-state index contributed by atoms with van der Waals surface area (Å²) in [7, 11) is 0. The topological polar surface area (TPSA) is 15.3 Å². The number of hydrogen-bond donors (Lipinski definition) is 1. The van der Waals surface area contributed by atoms with Crippen molar-refractivity contribution >= 4 is 0 Å². The maximum absolute atomic E-state index is 14.1. The molecule has 1 saturated heterocycles. The average Bonchev–Trinajstić information content (AvgIpc) is 2.47. The van der Waals surface area contributed by atoms with E-state index in [4.69, 9.17) is 0 Å². The Labute approximate surface area is 132 Å². The van der Waals surface area contributed by atoms with Crippen molar-refractivity contribution in [2.75, 3.05) is 19.6 Å². The average molecular weight is 300 g/mol. The van der Waals surface area contributed by atoms with Crippen LogP contribution in [0.5, 0.6) is 0 Å². The zero-order valence-corrected chi connectivity index (χ0v) is 13.3. The molecule has 0 bridgehead atoms. The van der Waals surface area contributed by atoms with Crippen LogP contribution in [0.25, 0.3) is 0 Å². The van der Waals surface area contributed by atoms with Crippen molar-refractivity contribution in [3.05, 3.63) is 59.7 Å². The van der Waals surface area contributed by atoms with Crippen molar-refractivity contribution in [2.24, 2.45) is 0 Å². The van der Waals surface area contributed by atoms with E-state index in [1.165, 1.54) is 11.1 Å². The Morgan fingerprint density at radius 2 is 2.14 bits per heavy atom. The van der Waals surface area contributed by atoms with Gasteiger partial charge in [-0.15, -0.1) is 0 Å². The summed E-state index contributed by atoms with van der Waals surface area (Å²) in [4.78, 5) is 2.49. The van der Waals surface area contributed by atoms with E-state index in [0.717, 1.165) is 32.6 Å². The third kappa shape index (κ3) is 4.28. The van der Waals surface area contributed by atoms with Gasteiger partial charge in [-0.1, -0.05) is 48.1 Å². The highest BCUT2D eigenvalue weighted by molar-refractivity contribution is 5.25. The third-order valence-corrected chi connectivity index (χ3v) is 4.45. The number of hydrogen-bond acceptors (Lipinski definition) is 2. The van der Waals surface area contributed by atoms with E-state index >= 15 is 0 Å². The normalized spacial score (nSPS) is 29.4. The molecule has 22 heavy (non-hydrogen) atoms. The zero-order chi connectivity index (χ0) is 15.4. The summed E-state index contributed by atoms with van der Waals surface area (Å²) >= 11 is 0. The standard InChI is InChI=1S/C19H25FN2/c1-19(20)9-5-8-17(13-19)12-18-15-22(11-10-21-18)14-16-6-3-2-4-7-16/h2-9,18,21H,10-15H2,1H3/t18-,19?/m1/s1. The highest BCUT2D eigenvalue weighted by Gasteiger charge is 2.26. The Hall–Kier alpha value is -1.45. The minimum atomic E-state index is -1.18. The van der Waals surface area contributed by atoms with Gasteiger partial charge in [0.05, 0.1) is 0 Å². The summed E-state index contributed by atoms with van der Waals surface area (Å²) in [6.45, 7) is 5.77. The quantitative estimate of drug-likeness (QED) is 0.916. The van der Waals surface area contributed by atoms with Crippen molar-refractivity contribution in [3.8, 4) is 0 Å². The van der Waals surface area contributed by atoms with E-state index in [1.807, 2.05) is 6.08 Å². The second-order valence-electron chi connectivity index (χ2n) is 6.71. The van der Waals surface area contributed by atoms with Gasteiger partial charge in [0, 0.05) is 38.6 Å². The lowest BCUT2D eigenvalue weighted by atomic mass is 9.89. The molecule has 2 aliphatic rings. The summed E-state index contributed by atoms with van der Waals surface area (Å²) in [5.74, 6) is 0. The third-order valence-electron chi connectivity index (χ3n) is 4.45. The molecule has 1 aromatic carbocycles. The molecule has 1 unspecified atom stereocenters. The molecule has 1 fully saturated rings. The van der Waals surface area contributed by atoms with Gasteiger partial charge in [-0.25, -0.2) is 4.39 Å². The van der Waals surface area contributed by atoms with Crippen LogP contribution in [0.3, 0.4) is 0 Å². The summed E-state index contributed by atoms with van der Waals surface area (Å²) < 4.78 is 14.1. The van der Waals surface area contributed by atoms with Crippen LogP contribution in [0.1, 0.15) is 25.3 Å². The van der Waals surface area contributed by atoms with Crippen LogP contribution < -0.4 is 5.32 Å². The van der Waals surface area contributed by atoms with E-state index in [1.54, 1.807) is 13.0 Å². The smallest absolute Gasteiger partial charge is 0.130 e. The van der Waals surface area contributed by atoms with E-state index in [0.29, 0.717) is 12.5 Å². The number of benzene rings is 1. The van der Waals surface area contributed by atoms with Crippen molar-refractivity contribution < 1.29 is 4.39 Å². The number of nitrogens with zero attached hydrogens (tertiary/aromatic N) is 1. The van der Waals surface area contributed by atoms with Crippen molar-refractivity contribution in [3.63, 3.8) is 0 Å².